The van der Waals surface area contributed by atoms with Crippen molar-refractivity contribution in [3.8, 4) is 0 Å². The summed E-state index contributed by atoms with van der Waals surface area (Å²) in [7, 11) is -4.43. The lowest BCUT2D eigenvalue weighted by atomic mass is 10.0. The van der Waals surface area contributed by atoms with Gasteiger partial charge in [0.05, 0.1) is 13.0 Å². The van der Waals surface area contributed by atoms with Crippen molar-refractivity contribution in [3.05, 3.63) is 0 Å². The predicted molar refractivity (Wildman–Crippen MR) is 71.9 cm³/mol. The number of carbonyl (C=O) groups is 2. The van der Waals surface area contributed by atoms with Gasteiger partial charge in [0.15, 0.2) is 5.25 Å². The largest absolute Gasteiger partial charge is 0.481 e. The van der Waals surface area contributed by atoms with Gasteiger partial charge in [-0.1, -0.05) is 33.1 Å². The van der Waals surface area contributed by atoms with E-state index in [2.05, 4.69) is 0 Å². The number of hydrogen-bond donors (Lipinski definition) is 2. The fraction of sp³-hybridized carbons (Fsp3) is 0.833. The van der Waals surface area contributed by atoms with Gasteiger partial charge in [0.2, 0.25) is 0 Å². The molecule has 0 aliphatic heterocycles. The summed E-state index contributed by atoms with van der Waals surface area (Å²) in [4.78, 5) is 21.4. The second kappa shape index (κ2) is 8.91. The Morgan fingerprint density at radius 3 is 2.20 bits per heavy atom. The minimum atomic E-state index is -4.43. The Morgan fingerprint density at radius 2 is 1.80 bits per heavy atom. The Balaban J connectivity index is 4.68. The van der Waals surface area contributed by atoms with Gasteiger partial charge in [0.1, 0.15) is 0 Å². The van der Waals surface area contributed by atoms with Gasteiger partial charge < -0.3 is 10.2 Å². The molecule has 0 amide bonds. The van der Waals surface area contributed by atoms with E-state index in [-0.39, 0.29) is 12.5 Å². The summed E-state index contributed by atoms with van der Waals surface area (Å²) < 4.78 is 28.2. The first kappa shape index (κ1) is 18.9. The van der Waals surface area contributed by atoms with Crippen LogP contribution in [-0.2, 0) is 23.9 Å². The molecule has 0 heterocycles. The maximum Gasteiger partial charge on any atom is 0.325 e. The monoisotopic (exact) mass is 310 g/mol. The summed E-state index contributed by atoms with van der Waals surface area (Å²) >= 11 is 0. The summed E-state index contributed by atoms with van der Waals surface area (Å²) in [5.74, 6) is -3.19. The highest BCUT2D eigenvalue weighted by atomic mass is 32.2. The van der Waals surface area contributed by atoms with E-state index in [4.69, 9.17) is 14.4 Å². The van der Waals surface area contributed by atoms with Crippen LogP contribution in [0.4, 0.5) is 0 Å². The molecule has 0 aliphatic carbocycles. The van der Waals surface area contributed by atoms with Crippen molar-refractivity contribution >= 4 is 22.1 Å². The maximum atomic E-state index is 11.7. The fourth-order valence-corrected chi connectivity index (χ4v) is 2.78. The van der Waals surface area contributed by atoms with Gasteiger partial charge in [-0.25, -0.2) is 0 Å². The van der Waals surface area contributed by atoms with Crippen molar-refractivity contribution in [3.63, 3.8) is 0 Å². The van der Waals surface area contributed by atoms with Crippen LogP contribution < -0.4 is 0 Å². The van der Waals surface area contributed by atoms with Crippen LogP contribution in [0.15, 0.2) is 0 Å². The Labute approximate surface area is 119 Å². The van der Waals surface area contributed by atoms with Crippen LogP contribution in [0.2, 0.25) is 0 Å². The third-order valence-electron chi connectivity index (χ3n) is 3.00. The first-order valence-corrected chi connectivity index (χ1v) is 8.04. The van der Waals surface area contributed by atoms with E-state index >= 15 is 0 Å². The minimum absolute atomic E-state index is 0.0176. The van der Waals surface area contributed by atoms with Crippen molar-refractivity contribution in [1.29, 1.82) is 0 Å². The van der Waals surface area contributed by atoms with Gasteiger partial charge in [-0.2, -0.15) is 8.42 Å². The van der Waals surface area contributed by atoms with Crippen LogP contribution in [0.1, 0.15) is 46.0 Å². The van der Waals surface area contributed by atoms with E-state index in [0.29, 0.717) is 6.42 Å². The summed E-state index contributed by atoms with van der Waals surface area (Å²) in [6.45, 7) is 3.79. The molecule has 2 atom stereocenters. The lowest BCUT2D eigenvalue weighted by molar-refractivity contribution is -0.143. The molecule has 2 unspecified atom stereocenters. The van der Waals surface area contributed by atoms with Crippen molar-refractivity contribution < 1.29 is 32.4 Å². The molecule has 8 heteroatoms. The number of carboxylic acids is 2. The van der Waals surface area contributed by atoms with E-state index in [1.54, 1.807) is 0 Å². The zero-order valence-electron chi connectivity index (χ0n) is 11.7. The van der Waals surface area contributed by atoms with Crippen molar-refractivity contribution in [2.75, 3.05) is 6.61 Å². The van der Waals surface area contributed by atoms with Gasteiger partial charge in [-0.15, -0.1) is 0 Å². The van der Waals surface area contributed by atoms with Gasteiger partial charge in [-0.3, -0.25) is 13.8 Å². The third-order valence-corrected chi connectivity index (χ3v) is 4.53. The second-order valence-electron chi connectivity index (χ2n) is 4.62. The smallest absolute Gasteiger partial charge is 0.325 e. The first-order chi connectivity index (χ1) is 9.24. The standard InChI is InChI=1S/C12H22O7S/c1-3-5-6-9(4-2)8-19-20(17,18)10(12(15)16)7-11(13)14/h9-10H,3-8H2,1-2H3,(H,13,14)(H,15,16). The maximum absolute atomic E-state index is 11.7. The quantitative estimate of drug-likeness (QED) is 0.555. The van der Waals surface area contributed by atoms with Gasteiger partial charge in [0.25, 0.3) is 10.1 Å². The topological polar surface area (TPSA) is 118 Å². The lowest BCUT2D eigenvalue weighted by Crippen LogP contribution is -2.34. The minimum Gasteiger partial charge on any atom is -0.481 e. The van der Waals surface area contributed by atoms with E-state index in [0.717, 1.165) is 19.3 Å². The fourth-order valence-electron chi connectivity index (χ4n) is 1.64. The molecule has 0 aromatic carbocycles. The van der Waals surface area contributed by atoms with Crippen LogP contribution >= 0.6 is 0 Å². The van der Waals surface area contributed by atoms with E-state index < -0.39 is 33.7 Å². The Kier molecular flexibility index (Phi) is 8.40. The molecule has 7 nitrogen and oxygen atoms in total. The molecule has 0 spiro atoms. The van der Waals surface area contributed by atoms with Gasteiger partial charge >= 0.3 is 11.9 Å². The van der Waals surface area contributed by atoms with E-state index in [1.807, 2.05) is 13.8 Å². The van der Waals surface area contributed by atoms with E-state index in [1.165, 1.54) is 0 Å². The number of unbranched alkanes of at least 4 members (excludes halogenated alkanes) is 1. The molecular formula is C12H22O7S. The average molecular weight is 310 g/mol. The molecular weight excluding hydrogens is 288 g/mol. The molecule has 118 valence electrons. The summed E-state index contributed by atoms with van der Waals surface area (Å²) in [6.07, 6.45) is 2.40. The van der Waals surface area contributed by atoms with Crippen LogP contribution in [0.5, 0.6) is 0 Å². The Hall–Kier alpha value is -1.15. The number of aliphatic carboxylic acids is 2. The zero-order valence-corrected chi connectivity index (χ0v) is 12.6. The predicted octanol–water partition coefficient (Wildman–Crippen LogP) is 1.48. The molecule has 0 aliphatic rings. The van der Waals surface area contributed by atoms with E-state index in [9.17, 15) is 18.0 Å². The van der Waals surface area contributed by atoms with Gasteiger partial charge in [0, 0.05) is 0 Å². The summed E-state index contributed by atoms with van der Waals surface area (Å²) in [5, 5.41) is 15.3. The molecule has 0 aromatic heterocycles. The van der Waals surface area contributed by atoms with Crippen molar-refractivity contribution in [2.24, 2.45) is 5.92 Å². The highest BCUT2D eigenvalue weighted by molar-refractivity contribution is 7.88. The SMILES string of the molecule is CCCCC(CC)COS(=O)(=O)C(CC(=O)O)C(=O)O. The molecule has 2 N–H and O–H groups in total. The molecule has 0 rings (SSSR count). The molecule has 0 aromatic rings. The highest BCUT2D eigenvalue weighted by Crippen LogP contribution is 2.17. The van der Waals surface area contributed by atoms with Crippen LogP contribution in [0.3, 0.4) is 0 Å². The van der Waals surface area contributed by atoms with Crippen molar-refractivity contribution in [2.45, 2.75) is 51.2 Å². The molecule has 0 radical (unpaired) electrons. The van der Waals surface area contributed by atoms with Crippen LogP contribution in [-0.4, -0.2) is 42.4 Å². The number of carboxylic acid groups (broad SMARTS) is 2. The number of hydrogen-bond acceptors (Lipinski definition) is 5. The summed E-state index contributed by atoms with van der Waals surface area (Å²) in [5.41, 5.74) is 0. The lowest BCUT2D eigenvalue weighted by Gasteiger charge is -2.16. The van der Waals surface area contributed by atoms with Crippen LogP contribution in [0.25, 0.3) is 0 Å². The van der Waals surface area contributed by atoms with Crippen LogP contribution in [0, 0.1) is 5.92 Å². The third kappa shape index (κ3) is 6.85. The summed E-state index contributed by atoms with van der Waals surface area (Å²) in [6, 6.07) is 0. The van der Waals surface area contributed by atoms with Crippen molar-refractivity contribution in [1.82, 2.24) is 0 Å². The zero-order chi connectivity index (χ0) is 15.8. The Bertz CT molecular complexity index is 416. The average Bonchev–Trinajstić information content (AvgIpc) is 2.35. The molecule has 0 saturated heterocycles. The Morgan fingerprint density at radius 1 is 1.20 bits per heavy atom. The molecule has 0 fully saturated rings. The highest BCUT2D eigenvalue weighted by Gasteiger charge is 2.36. The van der Waals surface area contributed by atoms with Gasteiger partial charge in [-0.05, 0) is 12.3 Å². The normalized spacial score (nSPS) is 14.7. The second-order valence-corrected chi connectivity index (χ2v) is 6.41. The molecule has 0 bridgehead atoms. The first-order valence-electron chi connectivity index (χ1n) is 6.57. The number of rotatable bonds is 11. The molecule has 20 heavy (non-hydrogen) atoms. The molecule has 0 saturated carbocycles.